The van der Waals surface area contributed by atoms with E-state index in [2.05, 4.69) is 10.3 Å². The molecule has 0 saturated heterocycles. The average molecular weight is 222 g/mol. The van der Waals surface area contributed by atoms with Crippen molar-refractivity contribution in [1.82, 2.24) is 15.7 Å². The Morgan fingerprint density at radius 2 is 2.31 bits per heavy atom. The fraction of sp³-hybridized carbons (Fsp3) is 0.111. The molecule has 1 heterocycles. The van der Waals surface area contributed by atoms with Gasteiger partial charge in [-0.25, -0.2) is 15.4 Å². The number of nitrogens with one attached hydrogen (secondary N) is 3. The first-order valence-corrected chi connectivity index (χ1v) is 4.55. The second-order valence-corrected chi connectivity index (χ2v) is 3.17. The lowest BCUT2D eigenvalue weighted by Gasteiger charge is -2.03. The van der Waals surface area contributed by atoms with E-state index >= 15 is 0 Å². The minimum atomic E-state index is -0.500. The smallest absolute Gasteiger partial charge is 0.408 e. The van der Waals surface area contributed by atoms with Crippen molar-refractivity contribution in [3.63, 3.8) is 0 Å². The maximum Gasteiger partial charge on any atom is 0.417 e. The number of hydrogen-bond donors (Lipinski definition) is 4. The zero-order chi connectivity index (χ0) is 11.5. The number of hydrazine groups is 1. The fourth-order valence-corrected chi connectivity index (χ4v) is 1.33. The fourth-order valence-electron chi connectivity index (χ4n) is 1.33. The minimum absolute atomic E-state index is 0.299. The van der Waals surface area contributed by atoms with E-state index < -0.39 is 11.8 Å². The summed E-state index contributed by atoms with van der Waals surface area (Å²) in [5.41, 5.74) is 3.83. The molecule has 0 fully saturated rings. The Hall–Kier alpha value is -2.28. The van der Waals surface area contributed by atoms with Crippen LogP contribution in [-0.2, 0) is 6.54 Å². The number of benzene rings is 1. The number of H-pyrrole nitrogens is 1. The van der Waals surface area contributed by atoms with Crippen LogP contribution in [0.25, 0.3) is 11.1 Å². The molecule has 2 aromatic rings. The van der Waals surface area contributed by atoms with Gasteiger partial charge in [0.25, 0.3) is 0 Å². The van der Waals surface area contributed by atoms with E-state index in [1.807, 2.05) is 5.43 Å². The highest BCUT2D eigenvalue weighted by molar-refractivity contribution is 5.74. The van der Waals surface area contributed by atoms with Gasteiger partial charge in [0.15, 0.2) is 5.58 Å². The molecular formula is C9H10N4O3. The summed E-state index contributed by atoms with van der Waals surface area (Å²) in [5, 5.41) is 2.52. The molecule has 7 nitrogen and oxygen atoms in total. The normalized spacial score (nSPS) is 10.3. The van der Waals surface area contributed by atoms with Crippen LogP contribution in [0, 0.1) is 0 Å². The molecule has 1 aromatic heterocycles. The van der Waals surface area contributed by atoms with E-state index in [1.54, 1.807) is 18.2 Å². The van der Waals surface area contributed by atoms with E-state index in [1.165, 1.54) is 0 Å². The zero-order valence-corrected chi connectivity index (χ0v) is 8.24. The number of aromatic nitrogens is 1. The van der Waals surface area contributed by atoms with Crippen LogP contribution < -0.4 is 22.3 Å². The Bertz CT molecular complexity index is 571. The number of hydrogen-bond acceptors (Lipinski definition) is 4. The molecule has 0 bridgehead atoms. The number of amides is 2. The molecule has 0 atom stereocenters. The molecule has 0 spiro atoms. The first-order chi connectivity index (χ1) is 7.69. The first-order valence-electron chi connectivity index (χ1n) is 4.55. The Morgan fingerprint density at radius 1 is 1.50 bits per heavy atom. The maximum atomic E-state index is 10.9. The van der Waals surface area contributed by atoms with Gasteiger partial charge in [0, 0.05) is 6.54 Å². The highest BCUT2D eigenvalue weighted by atomic mass is 16.4. The van der Waals surface area contributed by atoms with Crippen LogP contribution in [0.1, 0.15) is 5.56 Å². The van der Waals surface area contributed by atoms with Crippen LogP contribution in [0.15, 0.2) is 27.4 Å². The van der Waals surface area contributed by atoms with E-state index in [0.29, 0.717) is 17.6 Å². The van der Waals surface area contributed by atoms with Gasteiger partial charge in [-0.3, -0.25) is 10.4 Å². The number of urea groups is 1. The Labute approximate surface area is 89.6 Å². The molecular weight excluding hydrogens is 212 g/mol. The van der Waals surface area contributed by atoms with Gasteiger partial charge in [0.1, 0.15) is 0 Å². The van der Waals surface area contributed by atoms with E-state index in [4.69, 9.17) is 10.3 Å². The summed E-state index contributed by atoms with van der Waals surface area (Å²) < 4.78 is 4.88. The second kappa shape index (κ2) is 4.07. The first kappa shape index (κ1) is 10.2. The van der Waals surface area contributed by atoms with Crippen LogP contribution in [-0.4, -0.2) is 11.0 Å². The number of carbonyl (C=O) groups excluding carboxylic acids is 1. The summed E-state index contributed by atoms with van der Waals surface area (Å²) in [4.78, 5) is 24.2. The van der Waals surface area contributed by atoms with Gasteiger partial charge >= 0.3 is 11.8 Å². The molecule has 0 aliphatic rings. The average Bonchev–Trinajstić information content (AvgIpc) is 2.65. The molecule has 0 radical (unpaired) electrons. The van der Waals surface area contributed by atoms with Crippen molar-refractivity contribution in [2.75, 3.05) is 0 Å². The third-order valence-electron chi connectivity index (χ3n) is 2.07. The summed E-state index contributed by atoms with van der Waals surface area (Å²) in [6.07, 6.45) is 0. The molecule has 5 N–H and O–H groups in total. The Morgan fingerprint density at radius 3 is 3.06 bits per heavy atom. The number of oxazole rings is 1. The molecule has 2 amide bonds. The van der Waals surface area contributed by atoms with E-state index in [0.717, 1.165) is 5.56 Å². The van der Waals surface area contributed by atoms with E-state index in [-0.39, 0.29) is 0 Å². The number of aromatic amines is 1. The lowest BCUT2D eigenvalue weighted by molar-refractivity contribution is 0.241. The second-order valence-electron chi connectivity index (χ2n) is 3.17. The van der Waals surface area contributed by atoms with Crippen molar-refractivity contribution < 1.29 is 9.21 Å². The highest BCUT2D eigenvalue weighted by Gasteiger charge is 2.03. The molecule has 7 heteroatoms. The van der Waals surface area contributed by atoms with Crippen molar-refractivity contribution in [3.05, 3.63) is 34.3 Å². The van der Waals surface area contributed by atoms with Gasteiger partial charge in [-0.15, -0.1) is 0 Å². The molecule has 1 aromatic carbocycles. The van der Waals surface area contributed by atoms with E-state index in [9.17, 15) is 9.59 Å². The van der Waals surface area contributed by atoms with Gasteiger partial charge in [0.2, 0.25) is 0 Å². The third kappa shape index (κ3) is 2.04. The van der Waals surface area contributed by atoms with Gasteiger partial charge in [0.05, 0.1) is 5.52 Å². The summed E-state index contributed by atoms with van der Waals surface area (Å²) in [6.45, 7) is 0.299. The quantitative estimate of drug-likeness (QED) is 0.320. The summed E-state index contributed by atoms with van der Waals surface area (Å²) in [5.74, 6) is 4.40. The minimum Gasteiger partial charge on any atom is -0.408 e. The molecule has 84 valence electrons. The lowest BCUT2D eigenvalue weighted by atomic mass is 10.2. The number of rotatable bonds is 2. The lowest BCUT2D eigenvalue weighted by Crippen LogP contribution is -2.39. The summed E-state index contributed by atoms with van der Waals surface area (Å²) >= 11 is 0. The van der Waals surface area contributed by atoms with Gasteiger partial charge in [-0.1, -0.05) is 6.07 Å². The molecule has 16 heavy (non-hydrogen) atoms. The van der Waals surface area contributed by atoms with Crippen LogP contribution in [0.2, 0.25) is 0 Å². The van der Waals surface area contributed by atoms with Crippen LogP contribution in [0.4, 0.5) is 4.79 Å². The Kier molecular flexibility index (Phi) is 2.61. The standard InChI is InChI=1S/C9H10N4O3/c10-13-8(14)11-4-5-1-2-6-7(3-5)16-9(15)12-6/h1-3H,4,10H2,(H,12,15)(H2,11,13,14). The molecule has 0 aliphatic heterocycles. The molecule has 2 rings (SSSR count). The monoisotopic (exact) mass is 222 g/mol. The van der Waals surface area contributed by atoms with Crippen molar-refractivity contribution in [2.24, 2.45) is 5.84 Å². The van der Waals surface area contributed by atoms with Gasteiger partial charge in [-0.05, 0) is 17.7 Å². The SMILES string of the molecule is NNC(=O)NCc1ccc2[nH]c(=O)oc2c1. The molecule has 0 aliphatic carbocycles. The Balaban J connectivity index is 2.19. The third-order valence-corrected chi connectivity index (χ3v) is 2.07. The largest absolute Gasteiger partial charge is 0.417 e. The van der Waals surface area contributed by atoms with Crippen molar-refractivity contribution in [2.45, 2.75) is 6.54 Å². The number of nitrogens with two attached hydrogens (primary N) is 1. The van der Waals surface area contributed by atoms with Crippen molar-refractivity contribution >= 4 is 17.1 Å². The van der Waals surface area contributed by atoms with Crippen LogP contribution in [0.5, 0.6) is 0 Å². The number of carbonyl (C=O) groups is 1. The summed E-state index contributed by atoms with van der Waals surface area (Å²) in [6, 6.07) is 4.67. The predicted octanol–water partition coefficient (Wildman–Crippen LogP) is -0.206. The number of fused-ring (bicyclic) bond motifs is 1. The van der Waals surface area contributed by atoms with Gasteiger partial charge in [-0.2, -0.15) is 0 Å². The van der Waals surface area contributed by atoms with Crippen molar-refractivity contribution in [3.8, 4) is 0 Å². The van der Waals surface area contributed by atoms with Gasteiger partial charge < -0.3 is 9.73 Å². The van der Waals surface area contributed by atoms with Crippen LogP contribution in [0.3, 0.4) is 0 Å². The molecule has 0 unspecified atom stereocenters. The topological polar surface area (TPSA) is 113 Å². The molecule has 0 saturated carbocycles. The predicted molar refractivity (Wildman–Crippen MR) is 56.4 cm³/mol. The maximum absolute atomic E-state index is 10.9. The summed E-state index contributed by atoms with van der Waals surface area (Å²) in [7, 11) is 0. The zero-order valence-electron chi connectivity index (χ0n) is 8.24. The highest BCUT2D eigenvalue weighted by Crippen LogP contribution is 2.11. The van der Waals surface area contributed by atoms with Crippen LogP contribution >= 0.6 is 0 Å². The van der Waals surface area contributed by atoms with Crippen molar-refractivity contribution in [1.29, 1.82) is 0 Å².